The van der Waals surface area contributed by atoms with Gasteiger partial charge in [0.1, 0.15) is 17.1 Å². The molecular weight excluding hydrogens is 384 g/mol. The van der Waals surface area contributed by atoms with Crippen LogP contribution in [0.3, 0.4) is 0 Å². The zero-order valence-corrected chi connectivity index (χ0v) is 19.1. The Bertz CT molecular complexity index is 1060. The summed E-state index contributed by atoms with van der Waals surface area (Å²) >= 11 is 0. The highest BCUT2D eigenvalue weighted by molar-refractivity contribution is 5.85. The highest BCUT2D eigenvalue weighted by Crippen LogP contribution is 2.62. The molecule has 1 heterocycles. The molecule has 0 amide bonds. The second-order valence-corrected chi connectivity index (χ2v) is 11.3. The lowest BCUT2D eigenvalue weighted by molar-refractivity contribution is -0.131. The minimum absolute atomic E-state index is 0.221. The SMILES string of the molecule is CC(=O)Oc1cc(C23CC4CC(CC(C4)C2)C3)cc2c1-c1cc(C)ccc1C(C)(C)O2. The van der Waals surface area contributed by atoms with Gasteiger partial charge in [-0.1, -0.05) is 23.8 Å². The third-order valence-corrected chi connectivity index (χ3v) is 8.43. The summed E-state index contributed by atoms with van der Waals surface area (Å²) in [6, 6.07) is 11.0. The standard InChI is InChI=1S/C28H32O3/c1-16-5-6-23-22(7-16)26-24(30-17(2)29)11-21(12-25(26)31-27(23,3)4)28-13-18-8-19(14-28)10-20(9-18)15-28/h5-7,11-12,18-20H,8-10,13-15H2,1-4H3. The Morgan fingerprint density at radius 3 is 2.26 bits per heavy atom. The Balaban J connectivity index is 1.56. The van der Waals surface area contributed by atoms with Crippen LogP contribution in [0.15, 0.2) is 30.3 Å². The maximum atomic E-state index is 12.1. The van der Waals surface area contributed by atoms with Crippen molar-refractivity contribution in [3.8, 4) is 22.6 Å². The summed E-state index contributed by atoms with van der Waals surface area (Å²) in [7, 11) is 0. The van der Waals surface area contributed by atoms with Crippen LogP contribution >= 0.6 is 0 Å². The fourth-order valence-electron chi connectivity index (χ4n) is 7.66. The number of hydrogen-bond acceptors (Lipinski definition) is 3. The van der Waals surface area contributed by atoms with E-state index < -0.39 is 5.60 Å². The minimum Gasteiger partial charge on any atom is -0.482 e. The van der Waals surface area contributed by atoms with Gasteiger partial charge in [0.2, 0.25) is 0 Å². The van der Waals surface area contributed by atoms with Crippen molar-refractivity contribution in [3.05, 3.63) is 47.0 Å². The quantitative estimate of drug-likeness (QED) is 0.404. The molecule has 31 heavy (non-hydrogen) atoms. The molecule has 0 spiro atoms. The maximum absolute atomic E-state index is 12.1. The first-order valence-corrected chi connectivity index (χ1v) is 11.9. The van der Waals surface area contributed by atoms with Crippen LogP contribution in [0.1, 0.15) is 76.0 Å². The van der Waals surface area contributed by atoms with E-state index in [1.165, 1.54) is 56.6 Å². The van der Waals surface area contributed by atoms with E-state index in [0.717, 1.165) is 40.2 Å². The van der Waals surface area contributed by atoms with Gasteiger partial charge in [-0.2, -0.15) is 0 Å². The van der Waals surface area contributed by atoms with Gasteiger partial charge in [0.15, 0.2) is 0 Å². The van der Waals surface area contributed by atoms with Gasteiger partial charge in [-0.05, 0) is 106 Å². The Morgan fingerprint density at radius 2 is 1.65 bits per heavy atom. The van der Waals surface area contributed by atoms with Crippen molar-refractivity contribution >= 4 is 5.97 Å². The Morgan fingerprint density at radius 1 is 1.00 bits per heavy atom. The lowest BCUT2D eigenvalue weighted by Crippen LogP contribution is -2.48. The van der Waals surface area contributed by atoms with E-state index in [1.54, 1.807) is 0 Å². The molecule has 0 radical (unpaired) electrons. The number of rotatable bonds is 2. The van der Waals surface area contributed by atoms with Crippen molar-refractivity contribution in [2.24, 2.45) is 17.8 Å². The normalized spacial score (nSPS) is 31.5. The first-order valence-electron chi connectivity index (χ1n) is 11.9. The summed E-state index contributed by atoms with van der Waals surface area (Å²) < 4.78 is 12.5. The molecule has 0 N–H and O–H groups in total. The average Bonchev–Trinajstić information content (AvgIpc) is 2.65. The van der Waals surface area contributed by atoms with E-state index in [2.05, 4.69) is 51.1 Å². The van der Waals surface area contributed by atoms with Crippen molar-refractivity contribution < 1.29 is 14.3 Å². The molecule has 0 aromatic heterocycles. The summed E-state index contributed by atoms with van der Waals surface area (Å²) in [6.45, 7) is 7.87. The van der Waals surface area contributed by atoms with Gasteiger partial charge in [0.05, 0.1) is 5.56 Å². The van der Waals surface area contributed by atoms with Crippen molar-refractivity contribution in [3.63, 3.8) is 0 Å². The van der Waals surface area contributed by atoms with Gasteiger partial charge in [0.25, 0.3) is 0 Å². The molecule has 0 unspecified atom stereocenters. The molecule has 4 aliphatic carbocycles. The lowest BCUT2D eigenvalue weighted by atomic mass is 9.48. The zero-order chi connectivity index (χ0) is 21.5. The summed E-state index contributed by atoms with van der Waals surface area (Å²) in [5.41, 5.74) is 5.51. The number of carbonyl (C=O) groups excluding carboxylic acids is 1. The molecule has 162 valence electrons. The van der Waals surface area contributed by atoms with Crippen molar-refractivity contribution in [1.29, 1.82) is 0 Å². The number of aryl methyl sites for hydroxylation is 1. The van der Waals surface area contributed by atoms with Gasteiger partial charge in [-0.15, -0.1) is 0 Å². The number of carbonyl (C=O) groups is 1. The van der Waals surface area contributed by atoms with Gasteiger partial charge in [-0.3, -0.25) is 4.79 Å². The predicted octanol–water partition coefficient (Wildman–Crippen LogP) is 6.68. The molecule has 2 aromatic carbocycles. The van der Waals surface area contributed by atoms with Crippen LogP contribution < -0.4 is 9.47 Å². The summed E-state index contributed by atoms with van der Waals surface area (Å²) in [4.78, 5) is 12.1. The first kappa shape index (κ1) is 19.4. The molecule has 3 heteroatoms. The van der Waals surface area contributed by atoms with Crippen LogP contribution in [0.5, 0.6) is 11.5 Å². The molecule has 0 atom stereocenters. The molecule has 0 saturated heterocycles. The van der Waals surface area contributed by atoms with E-state index in [4.69, 9.17) is 9.47 Å². The zero-order valence-electron chi connectivity index (χ0n) is 19.1. The first-order chi connectivity index (χ1) is 14.7. The van der Waals surface area contributed by atoms with Gasteiger partial charge < -0.3 is 9.47 Å². The Hall–Kier alpha value is -2.29. The van der Waals surface area contributed by atoms with Crippen molar-refractivity contribution in [1.82, 2.24) is 0 Å². The Kier molecular flexibility index (Phi) is 3.99. The minimum atomic E-state index is -0.427. The van der Waals surface area contributed by atoms with E-state index in [1.807, 2.05) is 0 Å². The van der Waals surface area contributed by atoms with Crippen LogP contribution in [0.25, 0.3) is 11.1 Å². The van der Waals surface area contributed by atoms with Gasteiger partial charge >= 0.3 is 5.97 Å². The molecule has 4 bridgehead atoms. The molecule has 4 fully saturated rings. The van der Waals surface area contributed by atoms with E-state index in [9.17, 15) is 4.79 Å². The van der Waals surface area contributed by atoms with Crippen LogP contribution in [-0.4, -0.2) is 5.97 Å². The molecule has 7 rings (SSSR count). The summed E-state index contributed by atoms with van der Waals surface area (Å²) in [5.74, 6) is 3.84. The molecule has 4 saturated carbocycles. The van der Waals surface area contributed by atoms with Crippen molar-refractivity contribution in [2.75, 3.05) is 0 Å². The third kappa shape index (κ3) is 2.96. The number of hydrogen-bond donors (Lipinski definition) is 0. The number of benzene rings is 2. The lowest BCUT2D eigenvalue weighted by Gasteiger charge is -2.57. The van der Waals surface area contributed by atoms with Crippen molar-refractivity contribution in [2.45, 2.75) is 77.2 Å². The number of esters is 1. The van der Waals surface area contributed by atoms with Crippen LogP contribution in [0.4, 0.5) is 0 Å². The smallest absolute Gasteiger partial charge is 0.308 e. The fraction of sp³-hybridized carbons (Fsp3) is 0.536. The van der Waals surface area contributed by atoms with Crippen LogP contribution in [0, 0.1) is 24.7 Å². The van der Waals surface area contributed by atoms with Gasteiger partial charge in [-0.25, -0.2) is 0 Å². The highest BCUT2D eigenvalue weighted by Gasteiger charge is 2.52. The van der Waals surface area contributed by atoms with E-state index >= 15 is 0 Å². The van der Waals surface area contributed by atoms with E-state index in [0.29, 0.717) is 5.75 Å². The molecule has 2 aromatic rings. The Labute approximate surface area is 185 Å². The molecule has 3 nitrogen and oxygen atoms in total. The summed E-state index contributed by atoms with van der Waals surface area (Å²) in [5, 5.41) is 0. The molecular formula is C28H32O3. The third-order valence-electron chi connectivity index (χ3n) is 8.43. The van der Waals surface area contributed by atoms with Crippen LogP contribution in [0.2, 0.25) is 0 Å². The molecule has 1 aliphatic heterocycles. The summed E-state index contributed by atoms with van der Waals surface area (Å²) in [6.07, 6.45) is 8.06. The topological polar surface area (TPSA) is 35.5 Å². The molecule has 5 aliphatic rings. The monoisotopic (exact) mass is 416 g/mol. The number of ether oxygens (including phenoxy) is 2. The maximum Gasteiger partial charge on any atom is 0.308 e. The van der Waals surface area contributed by atoms with Crippen LogP contribution in [-0.2, 0) is 15.8 Å². The largest absolute Gasteiger partial charge is 0.482 e. The number of fused-ring (bicyclic) bond motifs is 3. The van der Waals surface area contributed by atoms with E-state index in [-0.39, 0.29) is 11.4 Å². The second kappa shape index (κ2) is 6.37. The average molecular weight is 417 g/mol. The fourth-order valence-corrected chi connectivity index (χ4v) is 7.66. The second-order valence-electron chi connectivity index (χ2n) is 11.3. The highest BCUT2D eigenvalue weighted by atomic mass is 16.5. The predicted molar refractivity (Wildman–Crippen MR) is 121 cm³/mol. The van der Waals surface area contributed by atoms with Gasteiger partial charge in [0, 0.05) is 12.5 Å².